The summed E-state index contributed by atoms with van der Waals surface area (Å²) >= 11 is 0. The topological polar surface area (TPSA) is 59.8 Å². The zero-order valence-corrected chi connectivity index (χ0v) is 16.9. The molecule has 0 radical (unpaired) electrons. The molecule has 0 aliphatic heterocycles. The summed E-state index contributed by atoms with van der Waals surface area (Å²) in [4.78, 5) is 14.1. The molecule has 1 aromatic heterocycles. The third-order valence-corrected chi connectivity index (χ3v) is 5.05. The van der Waals surface area contributed by atoms with Crippen LogP contribution >= 0.6 is 0 Å². The molecule has 146 valence electrons. The second-order valence-electron chi connectivity index (χ2n) is 7.44. The molecule has 0 fully saturated rings. The van der Waals surface area contributed by atoms with Gasteiger partial charge in [0.25, 0.3) is 5.91 Å². The number of hydrogen-bond acceptors (Lipinski definition) is 3. The normalized spacial score (nSPS) is 11.2. The smallest absolute Gasteiger partial charge is 0.255 e. The number of carbonyl (C=O) groups excluding carboxylic acids is 1. The first kappa shape index (κ1) is 18.9. The van der Waals surface area contributed by atoms with Crippen molar-refractivity contribution in [2.24, 2.45) is 0 Å². The summed E-state index contributed by atoms with van der Waals surface area (Å²) in [6.07, 6.45) is 0.953. The van der Waals surface area contributed by atoms with Crippen molar-refractivity contribution in [1.82, 2.24) is 15.0 Å². The lowest BCUT2D eigenvalue weighted by molar-refractivity contribution is 0.102. The summed E-state index contributed by atoms with van der Waals surface area (Å²) in [5.41, 5.74) is 6.25. The Morgan fingerprint density at radius 3 is 2.28 bits per heavy atom. The van der Waals surface area contributed by atoms with Crippen molar-refractivity contribution in [3.05, 3.63) is 83.4 Å². The molecule has 1 amide bonds. The van der Waals surface area contributed by atoms with E-state index in [0.29, 0.717) is 17.2 Å². The third kappa shape index (κ3) is 4.04. The van der Waals surface area contributed by atoms with E-state index in [2.05, 4.69) is 48.4 Å². The van der Waals surface area contributed by atoms with Crippen molar-refractivity contribution in [1.29, 1.82) is 0 Å². The Morgan fingerprint density at radius 1 is 0.931 bits per heavy atom. The van der Waals surface area contributed by atoms with Crippen LogP contribution in [0.15, 0.2) is 66.7 Å². The first-order valence-electron chi connectivity index (χ1n) is 9.91. The van der Waals surface area contributed by atoms with Gasteiger partial charge < -0.3 is 5.32 Å². The molecule has 1 heterocycles. The average molecular weight is 384 g/mol. The van der Waals surface area contributed by atoms with Crippen molar-refractivity contribution < 1.29 is 4.79 Å². The predicted molar refractivity (Wildman–Crippen MR) is 117 cm³/mol. The van der Waals surface area contributed by atoms with Gasteiger partial charge in [-0.1, -0.05) is 45.0 Å². The number of benzene rings is 3. The van der Waals surface area contributed by atoms with Gasteiger partial charge >= 0.3 is 0 Å². The molecule has 0 saturated heterocycles. The Kier molecular flexibility index (Phi) is 5.12. The monoisotopic (exact) mass is 384 g/mol. The van der Waals surface area contributed by atoms with Crippen LogP contribution in [0, 0.1) is 0 Å². The summed E-state index contributed by atoms with van der Waals surface area (Å²) in [7, 11) is 0. The summed E-state index contributed by atoms with van der Waals surface area (Å²) in [6.45, 7) is 6.43. The van der Waals surface area contributed by atoms with E-state index >= 15 is 0 Å². The molecule has 4 rings (SSSR count). The van der Waals surface area contributed by atoms with E-state index in [0.717, 1.165) is 23.1 Å². The number of aromatic nitrogens is 3. The molecule has 0 unspecified atom stereocenters. The molecule has 4 aromatic rings. The molecule has 5 nitrogen and oxygen atoms in total. The molecule has 0 atom stereocenters. The van der Waals surface area contributed by atoms with E-state index in [1.165, 1.54) is 11.1 Å². The van der Waals surface area contributed by atoms with E-state index in [-0.39, 0.29) is 5.91 Å². The van der Waals surface area contributed by atoms with Gasteiger partial charge in [-0.05, 0) is 65.9 Å². The van der Waals surface area contributed by atoms with Crippen LogP contribution < -0.4 is 5.32 Å². The standard InChI is InChI=1S/C24H24N4O/c1-4-17-5-7-19(8-6-17)24(29)25-20-11-14-22-23(15-20)27-28(26-22)21-12-9-18(10-13-21)16(2)3/h5-16H,4H2,1-3H3,(H,25,29). The molecular formula is C24H24N4O. The van der Waals surface area contributed by atoms with Crippen molar-refractivity contribution in [2.45, 2.75) is 33.1 Å². The van der Waals surface area contributed by atoms with Gasteiger partial charge in [0.05, 0.1) is 5.69 Å². The second kappa shape index (κ2) is 7.87. The summed E-state index contributed by atoms with van der Waals surface area (Å²) in [5.74, 6) is 0.349. The van der Waals surface area contributed by atoms with Crippen LogP contribution in [0.5, 0.6) is 0 Å². The molecule has 0 spiro atoms. The van der Waals surface area contributed by atoms with E-state index in [9.17, 15) is 4.79 Å². The van der Waals surface area contributed by atoms with Crippen LogP contribution in [0.2, 0.25) is 0 Å². The van der Waals surface area contributed by atoms with Gasteiger partial charge in [0.1, 0.15) is 11.0 Å². The Balaban J connectivity index is 1.55. The number of carbonyl (C=O) groups is 1. The molecule has 1 N–H and O–H groups in total. The van der Waals surface area contributed by atoms with Gasteiger partial charge in [-0.25, -0.2) is 0 Å². The van der Waals surface area contributed by atoms with Gasteiger partial charge in [-0.3, -0.25) is 4.79 Å². The first-order chi connectivity index (χ1) is 14.0. The highest BCUT2D eigenvalue weighted by Gasteiger charge is 2.10. The maximum Gasteiger partial charge on any atom is 0.255 e. The maximum absolute atomic E-state index is 12.5. The Morgan fingerprint density at radius 2 is 1.62 bits per heavy atom. The summed E-state index contributed by atoms with van der Waals surface area (Å²) in [6, 6.07) is 21.5. The molecule has 3 aromatic carbocycles. The average Bonchev–Trinajstić information content (AvgIpc) is 3.17. The summed E-state index contributed by atoms with van der Waals surface area (Å²) in [5, 5.41) is 12.1. The number of hydrogen-bond donors (Lipinski definition) is 1. The Bertz CT molecular complexity index is 1140. The van der Waals surface area contributed by atoms with Crippen LogP contribution in [-0.4, -0.2) is 20.9 Å². The lowest BCUT2D eigenvalue weighted by Crippen LogP contribution is -2.11. The first-order valence-corrected chi connectivity index (χ1v) is 9.91. The highest BCUT2D eigenvalue weighted by Crippen LogP contribution is 2.20. The van der Waals surface area contributed by atoms with Crippen LogP contribution in [-0.2, 0) is 6.42 Å². The molecule has 29 heavy (non-hydrogen) atoms. The number of nitrogens with zero attached hydrogens (tertiary/aromatic N) is 3. The zero-order valence-electron chi connectivity index (χ0n) is 16.9. The van der Waals surface area contributed by atoms with Crippen molar-refractivity contribution in [3.8, 4) is 5.69 Å². The lowest BCUT2D eigenvalue weighted by Gasteiger charge is -2.06. The van der Waals surface area contributed by atoms with Crippen LogP contribution in [0.25, 0.3) is 16.7 Å². The summed E-state index contributed by atoms with van der Waals surface area (Å²) < 4.78 is 0. The highest BCUT2D eigenvalue weighted by molar-refractivity contribution is 6.04. The fourth-order valence-electron chi connectivity index (χ4n) is 3.20. The Labute approximate surface area is 170 Å². The van der Waals surface area contributed by atoms with Crippen LogP contribution in [0.4, 0.5) is 5.69 Å². The number of nitrogens with one attached hydrogen (secondary N) is 1. The lowest BCUT2D eigenvalue weighted by atomic mass is 10.0. The van der Waals surface area contributed by atoms with Crippen molar-refractivity contribution in [2.75, 3.05) is 5.32 Å². The van der Waals surface area contributed by atoms with E-state index in [1.807, 2.05) is 54.6 Å². The van der Waals surface area contributed by atoms with Gasteiger partial charge in [0.2, 0.25) is 0 Å². The molecule has 0 aliphatic carbocycles. The molecule has 0 aliphatic rings. The number of aryl methyl sites for hydroxylation is 1. The van der Waals surface area contributed by atoms with Gasteiger partial charge in [-0.15, -0.1) is 10.2 Å². The molecule has 0 saturated carbocycles. The highest BCUT2D eigenvalue weighted by atomic mass is 16.1. The minimum atomic E-state index is -0.135. The van der Waals surface area contributed by atoms with Gasteiger partial charge in [-0.2, -0.15) is 4.80 Å². The minimum Gasteiger partial charge on any atom is -0.322 e. The van der Waals surface area contributed by atoms with Crippen molar-refractivity contribution >= 4 is 22.6 Å². The SMILES string of the molecule is CCc1ccc(C(=O)Nc2ccc3nn(-c4ccc(C(C)C)cc4)nc3c2)cc1. The van der Waals surface area contributed by atoms with Gasteiger partial charge in [0.15, 0.2) is 0 Å². The molecule has 0 bridgehead atoms. The quantitative estimate of drug-likeness (QED) is 0.504. The van der Waals surface area contributed by atoms with Crippen LogP contribution in [0.1, 0.15) is 48.2 Å². The van der Waals surface area contributed by atoms with E-state index in [4.69, 9.17) is 0 Å². The van der Waals surface area contributed by atoms with Crippen LogP contribution in [0.3, 0.4) is 0 Å². The fourth-order valence-corrected chi connectivity index (χ4v) is 3.20. The maximum atomic E-state index is 12.5. The van der Waals surface area contributed by atoms with Gasteiger partial charge in [0, 0.05) is 11.3 Å². The van der Waals surface area contributed by atoms with Crippen molar-refractivity contribution in [3.63, 3.8) is 0 Å². The third-order valence-electron chi connectivity index (χ3n) is 5.05. The zero-order chi connectivity index (χ0) is 20.4. The molecule has 5 heteroatoms. The largest absolute Gasteiger partial charge is 0.322 e. The van der Waals surface area contributed by atoms with E-state index in [1.54, 1.807) is 4.80 Å². The molecular weight excluding hydrogens is 360 g/mol. The Hall–Kier alpha value is -3.47. The van der Waals surface area contributed by atoms with E-state index < -0.39 is 0 Å². The number of anilines is 1. The minimum absolute atomic E-state index is 0.135. The second-order valence-corrected chi connectivity index (χ2v) is 7.44. The predicted octanol–water partition coefficient (Wildman–Crippen LogP) is 5.36. The fraction of sp³-hybridized carbons (Fsp3) is 0.208. The number of amides is 1. The number of fused-ring (bicyclic) bond motifs is 1. The number of rotatable bonds is 5.